The van der Waals surface area contributed by atoms with Crippen LogP contribution in [0.3, 0.4) is 0 Å². The lowest BCUT2D eigenvalue weighted by molar-refractivity contribution is -0.385. The maximum Gasteiger partial charge on any atom is 0.282 e. The van der Waals surface area contributed by atoms with E-state index in [1.165, 1.54) is 48.5 Å². The number of hydrogen-bond donors (Lipinski definition) is 2. The van der Waals surface area contributed by atoms with Crippen LogP contribution >= 0.6 is 0 Å². The number of nitrogens with zero attached hydrogens (tertiary/aromatic N) is 1. The number of anilines is 2. The van der Waals surface area contributed by atoms with Crippen LogP contribution in [-0.2, 0) is 10.0 Å². The molecule has 2 N–H and O–H groups in total. The highest BCUT2D eigenvalue weighted by atomic mass is 32.2. The molecule has 0 aliphatic rings. The Hall–Kier alpha value is -3.79. The second-order valence-corrected chi connectivity index (χ2v) is 7.55. The number of carbonyl (C=O) groups is 1. The van der Waals surface area contributed by atoms with Crippen LogP contribution in [0.5, 0.6) is 0 Å². The first-order valence-electron chi connectivity index (χ1n) is 8.19. The van der Waals surface area contributed by atoms with Gasteiger partial charge in [-0.25, -0.2) is 12.8 Å². The second-order valence-electron chi connectivity index (χ2n) is 5.87. The molecule has 0 aliphatic carbocycles. The Labute approximate surface area is 165 Å². The summed E-state index contributed by atoms with van der Waals surface area (Å²) in [5.41, 5.74) is 0.114. The number of halogens is 1. The molecule has 0 atom stereocenters. The number of nitro groups is 1. The highest BCUT2D eigenvalue weighted by molar-refractivity contribution is 7.92. The fraction of sp³-hybridized carbons (Fsp3) is 0. The van der Waals surface area contributed by atoms with E-state index in [2.05, 4.69) is 10.0 Å². The smallest absolute Gasteiger partial charge is 0.282 e. The average Bonchev–Trinajstić information content (AvgIpc) is 2.69. The van der Waals surface area contributed by atoms with Crippen molar-refractivity contribution in [2.45, 2.75) is 4.90 Å². The summed E-state index contributed by atoms with van der Waals surface area (Å²) in [5.74, 6) is -1.22. The van der Waals surface area contributed by atoms with Gasteiger partial charge in [-0.1, -0.05) is 12.1 Å². The van der Waals surface area contributed by atoms with Gasteiger partial charge in [0.2, 0.25) is 0 Å². The van der Waals surface area contributed by atoms with Crippen LogP contribution in [0.2, 0.25) is 0 Å². The van der Waals surface area contributed by atoms with Crippen molar-refractivity contribution in [2.75, 3.05) is 10.0 Å². The maximum absolute atomic E-state index is 13.0. The van der Waals surface area contributed by atoms with Gasteiger partial charge in [0, 0.05) is 17.4 Å². The molecule has 0 saturated heterocycles. The fourth-order valence-electron chi connectivity index (χ4n) is 2.47. The number of amides is 1. The summed E-state index contributed by atoms with van der Waals surface area (Å²) in [6.45, 7) is 0. The monoisotopic (exact) mass is 415 g/mol. The van der Waals surface area contributed by atoms with E-state index < -0.39 is 26.7 Å². The summed E-state index contributed by atoms with van der Waals surface area (Å²) in [6, 6.07) is 15.6. The molecule has 0 aromatic heterocycles. The van der Waals surface area contributed by atoms with Crippen molar-refractivity contribution >= 4 is 33.0 Å². The fourth-order valence-corrected chi connectivity index (χ4v) is 3.53. The summed E-state index contributed by atoms with van der Waals surface area (Å²) >= 11 is 0. The van der Waals surface area contributed by atoms with E-state index in [9.17, 15) is 27.7 Å². The number of hydrogen-bond acceptors (Lipinski definition) is 5. The molecular weight excluding hydrogens is 401 g/mol. The Morgan fingerprint density at radius 1 is 0.897 bits per heavy atom. The predicted molar refractivity (Wildman–Crippen MR) is 105 cm³/mol. The zero-order valence-corrected chi connectivity index (χ0v) is 15.5. The van der Waals surface area contributed by atoms with Crippen molar-refractivity contribution < 1.29 is 22.5 Å². The Balaban J connectivity index is 1.73. The van der Waals surface area contributed by atoms with Gasteiger partial charge in [-0.05, 0) is 54.6 Å². The van der Waals surface area contributed by atoms with Gasteiger partial charge in [0.1, 0.15) is 11.4 Å². The Morgan fingerprint density at radius 3 is 2.10 bits per heavy atom. The molecule has 0 aliphatic heterocycles. The molecule has 0 heterocycles. The van der Waals surface area contributed by atoms with Crippen molar-refractivity contribution in [1.29, 1.82) is 0 Å². The molecule has 0 unspecified atom stereocenters. The van der Waals surface area contributed by atoms with Crippen LogP contribution in [-0.4, -0.2) is 19.2 Å². The molecule has 1 amide bonds. The van der Waals surface area contributed by atoms with Crippen molar-refractivity contribution in [3.8, 4) is 0 Å². The van der Waals surface area contributed by atoms with Crippen LogP contribution in [0.4, 0.5) is 21.5 Å². The quantitative estimate of drug-likeness (QED) is 0.469. The first-order valence-corrected chi connectivity index (χ1v) is 9.68. The van der Waals surface area contributed by atoms with Crippen molar-refractivity contribution in [1.82, 2.24) is 0 Å². The zero-order valence-electron chi connectivity index (χ0n) is 14.7. The number of rotatable bonds is 6. The first-order chi connectivity index (χ1) is 13.8. The highest BCUT2D eigenvalue weighted by Crippen LogP contribution is 2.21. The van der Waals surface area contributed by atoms with E-state index in [0.29, 0.717) is 5.69 Å². The topological polar surface area (TPSA) is 118 Å². The van der Waals surface area contributed by atoms with E-state index in [-0.39, 0.29) is 21.8 Å². The number of sulfonamides is 1. The Morgan fingerprint density at radius 2 is 1.48 bits per heavy atom. The molecule has 3 rings (SSSR count). The third kappa shape index (κ3) is 4.74. The second kappa shape index (κ2) is 8.07. The van der Waals surface area contributed by atoms with Gasteiger partial charge >= 0.3 is 0 Å². The summed E-state index contributed by atoms with van der Waals surface area (Å²) in [4.78, 5) is 22.6. The minimum absolute atomic E-state index is 0.0985. The number of nitrogens with one attached hydrogen (secondary N) is 2. The molecule has 10 heteroatoms. The van der Waals surface area contributed by atoms with Crippen LogP contribution in [0.25, 0.3) is 0 Å². The van der Waals surface area contributed by atoms with E-state index in [4.69, 9.17) is 0 Å². The van der Waals surface area contributed by atoms with Gasteiger partial charge in [0.15, 0.2) is 0 Å². The molecule has 0 radical (unpaired) electrons. The standard InChI is InChI=1S/C19H14FN3O5S/c20-13-5-11-16(12-6-13)29(27,28)22-15-9-7-14(8-10-15)21-19(24)17-3-1-2-4-18(17)23(25)26/h1-12,22H,(H,21,24). The van der Waals surface area contributed by atoms with Crippen LogP contribution < -0.4 is 10.0 Å². The SMILES string of the molecule is O=C(Nc1ccc(NS(=O)(=O)c2ccc(F)cc2)cc1)c1ccccc1[N+](=O)[O-]. The third-order valence-corrected chi connectivity index (χ3v) is 5.26. The molecule has 0 saturated carbocycles. The molecule has 0 spiro atoms. The van der Waals surface area contributed by atoms with Gasteiger partial charge < -0.3 is 5.32 Å². The number of para-hydroxylation sites is 1. The first kappa shape index (κ1) is 20.0. The van der Waals surface area contributed by atoms with Crippen molar-refractivity contribution in [2.24, 2.45) is 0 Å². The molecule has 3 aromatic rings. The van der Waals surface area contributed by atoms with Gasteiger partial charge in [0.25, 0.3) is 21.6 Å². The molecule has 29 heavy (non-hydrogen) atoms. The van der Waals surface area contributed by atoms with Crippen LogP contribution in [0.15, 0.2) is 77.7 Å². The molecular formula is C19H14FN3O5S. The average molecular weight is 415 g/mol. The predicted octanol–water partition coefficient (Wildman–Crippen LogP) is 3.79. The van der Waals surface area contributed by atoms with Gasteiger partial charge in [-0.2, -0.15) is 0 Å². The molecule has 8 nitrogen and oxygen atoms in total. The molecule has 3 aromatic carbocycles. The van der Waals surface area contributed by atoms with Crippen LogP contribution in [0.1, 0.15) is 10.4 Å². The molecule has 0 bridgehead atoms. The van der Waals surface area contributed by atoms with E-state index in [1.54, 1.807) is 0 Å². The highest BCUT2D eigenvalue weighted by Gasteiger charge is 2.19. The minimum Gasteiger partial charge on any atom is -0.322 e. The van der Waals surface area contributed by atoms with Crippen molar-refractivity contribution in [3.63, 3.8) is 0 Å². The number of benzene rings is 3. The third-order valence-electron chi connectivity index (χ3n) is 3.86. The lowest BCUT2D eigenvalue weighted by Crippen LogP contribution is -2.14. The van der Waals surface area contributed by atoms with Gasteiger partial charge in [0.05, 0.1) is 9.82 Å². The van der Waals surface area contributed by atoms with Crippen LogP contribution in [0, 0.1) is 15.9 Å². The summed E-state index contributed by atoms with van der Waals surface area (Å²) in [7, 11) is -3.90. The summed E-state index contributed by atoms with van der Waals surface area (Å²) < 4.78 is 39.9. The zero-order chi connectivity index (χ0) is 21.0. The van der Waals surface area contributed by atoms with E-state index in [1.807, 2.05) is 0 Å². The van der Waals surface area contributed by atoms with Gasteiger partial charge in [-0.15, -0.1) is 0 Å². The normalized spacial score (nSPS) is 10.9. The lowest BCUT2D eigenvalue weighted by atomic mass is 10.1. The number of carbonyl (C=O) groups excluding carboxylic acids is 1. The van der Waals surface area contributed by atoms with Gasteiger partial charge in [-0.3, -0.25) is 19.6 Å². The lowest BCUT2D eigenvalue weighted by Gasteiger charge is -2.10. The summed E-state index contributed by atoms with van der Waals surface area (Å²) in [5, 5.41) is 13.6. The number of nitro benzene ring substituents is 1. The molecule has 148 valence electrons. The van der Waals surface area contributed by atoms with E-state index >= 15 is 0 Å². The largest absolute Gasteiger partial charge is 0.322 e. The molecule has 0 fully saturated rings. The van der Waals surface area contributed by atoms with Crippen molar-refractivity contribution in [3.05, 3.63) is 94.3 Å². The summed E-state index contributed by atoms with van der Waals surface area (Å²) in [6.07, 6.45) is 0. The van der Waals surface area contributed by atoms with E-state index in [0.717, 1.165) is 24.3 Å². The Kier molecular flexibility index (Phi) is 5.55. The maximum atomic E-state index is 13.0. The Bertz CT molecular complexity index is 1160. The minimum atomic E-state index is -3.90.